The molecule has 0 saturated heterocycles. The molecule has 4 rings (SSSR count). The monoisotopic (exact) mass is 408 g/mol. The third-order valence-electron chi connectivity index (χ3n) is 4.46. The van der Waals surface area contributed by atoms with Gasteiger partial charge in [-0.3, -0.25) is 9.78 Å². The van der Waals surface area contributed by atoms with E-state index in [0.717, 1.165) is 39.7 Å². The summed E-state index contributed by atoms with van der Waals surface area (Å²) in [7, 11) is 0. The van der Waals surface area contributed by atoms with E-state index in [2.05, 4.69) is 9.97 Å². The number of aromatic nitrogens is 2. The van der Waals surface area contributed by atoms with Crippen molar-refractivity contribution in [2.45, 2.75) is 19.8 Å². The second kappa shape index (κ2) is 8.36. The largest absolute Gasteiger partial charge is 0.494 e. The van der Waals surface area contributed by atoms with Crippen molar-refractivity contribution in [1.29, 1.82) is 0 Å². The second-order valence-corrected chi connectivity index (χ2v) is 7.65. The van der Waals surface area contributed by atoms with Crippen molar-refractivity contribution in [3.8, 4) is 22.9 Å². The van der Waals surface area contributed by atoms with E-state index in [4.69, 9.17) is 9.15 Å². The zero-order valence-electron chi connectivity index (χ0n) is 15.8. The lowest BCUT2D eigenvalue weighted by atomic mass is 10.1. The molecule has 0 bridgehead atoms. The molecule has 2 aromatic carbocycles. The van der Waals surface area contributed by atoms with Crippen LogP contribution in [0.1, 0.15) is 22.1 Å². The van der Waals surface area contributed by atoms with Gasteiger partial charge in [-0.15, -0.1) is 0 Å². The van der Waals surface area contributed by atoms with Gasteiger partial charge in [-0.05, 0) is 24.6 Å². The van der Waals surface area contributed by atoms with Crippen LogP contribution in [0.5, 0.6) is 11.6 Å². The maximum absolute atomic E-state index is 11.3. The molecule has 0 fully saturated rings. The van der Waals surface area contributed by atoms with Crippen molar-refractivity contribution in [3.63, 3.8) is 0 Å². The van der Waals surface area contributed by atoms with E-state index in [1.54, 1.807) is 0 Å². The van der Waals surface area contributed by atoms with Crippen LogP contribution in [0.25, 0.3) is 11.3 Å². The Morgan fingerprint density at radius 2 is 1.90 bits per heavy atom. The molecule has 0 aliphatic carbocycles. The first-order chi connectivity index (χ1) is 14.1. The smallest absolute Gasteiger partial charge is 0.307 e. The van der Waals surface area contributed by atoms with Gasteiger partial charge in [-0.2, -0.15) is 0 Å². The van der Waals surface area contributed by atoms with E-state index in [0.29, 0.717) is 30.2 Å². The maximum atomic E-state index is 11.3. The van der Waals surface area contributed by atoms with Crippen molar-refractivity contribution < 1.29 is 14.3 Å². The molecule has 0 atom stereocenters. The van der Waals surface area contributed by atoms with Crippen molar-refractivity contribution in [2.75, 3.05) is 6.61 Å². The van der Waals surface area contributed by atoms with Crippen LogP contribution in [-0.4, -0.2) is 21.7 Å². The number of aromatic hydroxyl groups is 1. The minimum absolute atomic E-state index is 0.0589. The van der Waals surface area contributed by atoms with E-state index in [-0.39, 0.29) is 10.8 Å². The van der Waals surface area contributed by atoms with Crippen molar-refractivity contribution >= 4 is 11.3 Å². The summed E-state index contributed by atoms with van der Waals surface area (Å²) in [6.07, 6.45) is 1.06. The Bertz CT molecular complexity index is 1140. The highest BCUT2D eigenvalue weighted by molar-refractivity contribution is 7.09. The molecule has 4 aromatic rings. The van der Waals surface area contributed by atoms with E-state index in [1.807, 2.05) is 61.5 Å². The molecule has 0 radical (unpaired) electrons. The normalized spacial score (nSPS) is 10.9. The lowest BCUT2D eigenvalue weighted by Gasteiger charge is -2.06. The van der Waals surface area contributed by atoms with Crippen LogP contribution in [0.2, 0.25) is 0 Å². The molecule has 2 heterocycles. The molecule has 0 spiro atoms. The van der Waals surface area contributed by atoms with Crippen LogP contribution in [0, 0.1) is 6.92 Å². The summed E-state index contributed by atoms with van der Waals surface area (Å²) in [5, 5.41) is 9.68. The van der Waals surface area contributed by atoms with Gasteiger partial charge in [0.05, 0.1) is 17.9 Å². The maximum Gasteiger partial charge on any atom is 0.307 e. The number of nitrogens with one attached hydrogen (secondary N) is 1. The topological polar surface area (TPSA) is 88.3 Å². The van der Waals surface area contributed by atoms with Gasteiger partial charge in [0.15, 0.2) is 5.89 Å². The molecule has 6 nitrogen and oxygen atoms in total. The predicted octanol–water partition coefficient (Wildman–Crippen LogP) is 4.32. The average Bonchev–Trinajstić information content (AvgIpc) is 3.25. The van der Waals surface area contributed by atoms with Gasteiger partial charge < -0.3 is 14.3 Å². The molecule has 7 heteroatoms. The molecule has 0 amide bonds. The summed E-state index contributed by atoms with van der Waals surface area (Å²) in [6, 6.07) is 17.5. The summed E-state index contributed by atoms with van der Waals surface area (Å²) in [5.74, 6) is 2.13. The number of rotatable bonds is 7. The first-order valence-electron chi connectivity index (χ1n) is 9.23. The molecule has 29 heavy (non-hydrogen) atoms. The second-order valence-electron chi connectivity index (χ2n) is 6.58. The molecule has 2 aromatic heterocycles. The Hall–Kier alpha value is -3.32. The molecule has 2 N–H and O–H groups in total. The number of aryl methyl sites for hydroxylation is 1. The summed E-state index contributed by atoms with van der Waals surface area (Å²) < 4.78 is 11.6. The Morgan fingerprint density at radius 3 is 2.59 bits per heavy atom. The molecular weight excluding hydrogens is 388 g/mol. The Labute approximate surface area is 171 Å². The molecule has 0 saturated carbocycles. The van der Waals surface area contributed by atoms with Gasteiger partial charge in [-0.1, -0.05) is 53.8 Å². The van der Waals surface area contributed by atoms with E-state index in [1.165, 1.54) is 0 Å². The van der Waals surface area contributed by atoms with Crippen molar-refractivity contribution in [1.82, 2.24) is 9.97 Å². The standard InChI is InChI=1S/C22H20N2O4S/c1-14-20(16-5-3-2-4-6-16)23-19(28-14)11-12-27-17-9-7-15(8-10-17)13-18-21(25)24-22(26)29-18/h2-10,25H,11-13H2,1H3,(H,24,26). The number of H-pyrrole nitrogens is 1. The fraction of sp³-hybridized carbons (Fsp3) is 0.182. The lowest BCUT2D eigenvalue weighted by molar-refractivity contribution is 0.304. The zero-order chi connectivity index (χ0) is 20.2. The van der Waals surface area contributed by atoms with Gasteiger partial charge in [0.2, 0.25) is 5.88 Å². The summed E-state index contributed by atoms with van der Waals surface area (Å²) in [6.45, 7) is 2.37. The van der Waals surface area contributed by atoms with E-state index in [9.17, 15) is 9.90 Å². The van der Waals surface area contributed by atoms with Gasteiger partial charge >= 0.3 is 4.87 Å². The van der Waals surface area contributed by atoms with Gasteiger partial charge in [-0.25, -0.2) is 4.98 Å². The number of benzene rings is 2. The summed E-state index contributed by atoms with van der Waals surface area (Å²) >= 11 is 1.02. The van der Waals surface area contributed by atoms with Gasteiger partial charge in [0.25, 0.3) is 0 Å². The van der Waals surface area contributed by atoms with E-state index < -0.39 is 0 Å². The fourth-order valence-corrected chi connectivity index (χ4v) is 3.80. The van der Waals surface area contributed by atoms with Crippen LogP contribution in [-0.2, 0) is 12.8 Å². The van der Waals surface area contributed by atoms with Gasteiger partial charge in [0, 0.05) is 12.0 Å². The number of ether oxygens (including phenoxy) is 1. The van der Waals surface area contributed by atoms with Crippen LogP contribution < -0.4 is 9.61 Å². The number of hydrogen-bond donors (Lipinski definition) is 2. The van der Waals surface area contributed by atoms with Crippen LogP contribution >= 0.6 is 11.3 Å². The number of thiazole rings is 1. The third-order valence-corrected chi connectivity index (χ3v) is 5.33. The van der Waals surface area contributed by atoms with Crippen LogP contribution in [0.15, 0.2) is 63.8 Å². The highest BCUT2D eigenvalue weighted by atomic mass is 32.1. The quantitative estimate of drug-likeness (QED) is 0.475. The van der Waals surface area contributed by atoms with Crippen molar-refractivity contribution in [3.05, 3.63) is 86.4 Å². The molecular formula is C22H20N2O4S. The van der Waals surface area contributed by atoms with Crippen LogP contribution in [0.3, 0.4) is 0 Å². The molecule has 0 aliphatic rings. The highest BCUT2D eigenvalue weighted by Crippen LogP contribution is 2.24. The third kappa shape index (κ3) is 4.57. The minimum Gasteiger partial charge on any atom is -0.494 e. The highest BCUT2D eigenvalue weighted by Gasteiger charge is 2.11. The number of hydrogen-bond acceptors (Lipinski definition) is 6. The molecule has 0 aliphatic heterocycles. The SMILES string of the molecule is Cc1oc(CCOc2ccc(Cc3sc(=O)[nH]c3O)cc2)nc1-c1ccccc1. The number of oxazole rings is 1. The predicted molar refractivity (Wildman–Crippen MR) is 112 cm³/mol. The van der Waals surface area contributed by atoms with E-state index >= 15 is 0 Å². The molecule has 148 valence electrons. The Morgan fingerprint density at radius 1 is 1.14 bits per heavy atom. The average molecular weight is 408 g/mol. The summed E-state index contributed by atoms with van der Waals surface area (Å²) in [5.41, 5.74) is 2.88. The molecule has 0 unspecified atom stereocenters. The number of nitrogens with zero attached hydrogens (tertiary/aromatic N) is 1. The van der Waals surface area contributed by atoms with Gasteiger partial charge in [0.1, 0.15) is 17.2 Å². The minimum atomic E-state index is -0.255. The zero-order valence-corrected chi connectivity index (χ0v) is 16.7. The lowest BCUT2D eigenvalue weighted by Crippen LogP contribution is -2.01. The number of aromatic amines is 1. The fourth-order valence-electron chi connectivity index (χ4n) is 3.04. The van der Waals surface area contributed by atoms with Crippen molar-refractivity contribution in [2.24, 2.45) is 0 Å². The Balaban J connectivity index is 1.33. The Kier molecular flexibility index (Phi) is 5.48. The first-order valence-corrected chi connectivity index (χ1v) is 10.0. The van der Waals surface area contributed by atoms with Crippen LogP contribution in [0.4, 0.5) is 0 Å². The summed E-state index contributed by atoms with van der Waals surface area (Å²) in [4.78, 5) is 18.6. The first kappa shape index (κ1) is 19.0.